The molecule has 0 aliphatic carbocycles. The standard InChI is InChI=1S/C9H7BrClNS/c10-5-4-8-12-7-3-1-2-6(11)9(7)13-8/h1-3H,4-5H2. The maximum Gasteiger partial charge on any atom is 0.0947 e. The zero-order valence-electron chi connectivity index (χ0n) is 6.76. The van der Waals surface area contributed by atoms with E-state index in [9.17, 15) is 0 Å². The normalized spacial score (nSPS) is 10.9. The summed E-state index contributed by atoms with van der Waals surface area (Å²) in [5, 5.41) is 2.89. The zero-order chi connectivity index (χ0) is 9.26. The highest BCUT2D eigenvalue weighted by molar-refractivity contribution is 9.09. The molecule has 0 spiro atoms. The van der Waals surface area contributed by atoms with Gasteiger partial charge in [-0.15, -0.1) is 11.3 Å². The predicted molar refractivity (Wildman–Crippen MR) is 62.1 cm³/mol. The fourth-order valence-electron chi connectivity index (χ4n) is 1.15. The summed E-state index contributed by atoms with van der Waals surface area (Å²) in [6, 6.07) is 5.83. The Morgan fingerprint density at radius 1 is 1.46 bits per heavy atom. The Morgan fingerprint density at radius 2 is 2.31 bits per heavy atom. The van der Waals surface area contributed by atoms with Crippen LogP contribution in [0.3, 0.4) is 0 Å². The molecule has 1 nitrogen and oxygen atoms in total. The van der Waals surface area contributed by atoms with Gasteiger partial charge in [-0.3, -0.25) is 0 Å². The largest absolute Gasteiger partial charge is 0.241 e. The van der Waals surface area contributed by atoms with E-state index < -0.39 is 0 Å². The Labute approximate surface area is 93.9 Å². The summed E-state index contributed by atoms with van der Waals surface area (Å²) >= 11 is 11.1. The molecule has 0 aliphatic heterocycles. The first-order chi connectivity index (χ1) is 6.31. The first-order valence-electron chi connectivity index (χ1n) is 3.91. The van der Waals surface area contributed by atoms with Crippen LogP contribution in [0, 0.1) is 0 Å². The van der Waals surface area contributed by atoms with Crippen molar-refractivity contribution >= 4 is 49.1 Å². The molecule has 0 saturated heterocycles. The van der Waals surface area contributed by atoms with E-state index in [0.717, 1.165) is 32.0 Å². The lowest BCUT2D eigenvalue weighted by Gasteiger charge is -1.87. The SMILES string of the molecule is Clc1cccc2nc(CCBr)sc12. The number of halogens is 2. The summed E-state index contributed by atoms with van der Waals surface area (Å²) in [6.07, 6.45) is 0.968. The van der Waals surface area contributed by atoms with Gasteiger partial charge in [-0.2, -0.15) is 0 Å². The van der Waals surface area contributed by atoms with Gasteiger partial charge in [0.15, 0.2) is 0 Å². The molecule has 2 aromatic rings. The lowest BCUT2D eigenvalue weighted by molar-refractivity contribution is 1.13. The van der Waals surface area contributed by atoms with E-state index in [1.54, 1.807) is 11.3 Å². The van der Waals surface area contributed by atoms with Gasteiger partial charge < -0.3 is 0 Å². The first kappa shape index (κ1) is 9.44. The molecule has 2 rings (SSSR count). The van der Waals surface area contributed by atoms with Crippen molar-refractivity contribution < 1.29 is 0 Å². The number of hydrogen-bond acceptors (Lipinski definition) is 2. The van der Waals surface area contributed by atoms with Gasteiger partial charge in [0.2, 0.25) is 0 Å². The number of thiazole rings is 1. The Balaban J connectivity index is 2.55. The highest BCUT2D eigenvalue weighted by Gasteiger charge is 2.05. The number of aromatic nitrogens is 1. The van der Waals surface area contributed by atoms with Crippen LogP contribution in [0.2, 0.25) is 5.02 Å². The van der Waals surface area contributed by atoms with Gasteiger partial charge in [0, 0.05) is 11.8 Å². The van der Waals surface area contributed by atoms with Gasteiger partial charge >= 0.3 is 0 Å². The van der Waals surface area contributed by atoms with Crippen LogP contribution in [0.15, 0.2) is 18.2 Å². The third-order valence-corrected chi connectivity index (χ3v) is 3.71. The van der Waals surface area contributed by atoms with Gasteiger partial charge in [-0.25, -0.2) is 4.98 Å². The molecule has 68 valence electrons. The smallest absolute Gasteiger partial charge is 0.0947 e. The number of rotatable bonds is 2. The van der Waals surface area contributed by atoms with Crippen molar-refractivity contribution in [3.63, 3.8) is 0 Å². The zero-order valence-corrected chi connectivity index (χ0v) is 9.92. The van der Waals surface area contributed by atoms with Crippen molar-refractivity contribution in [3.05, 3.63) is 28.2 Å². The van der Waals surface area contributed by atoms with E-state index in [2.05, 4.69) is 20.9 Å². The minimum Gasteiger partial charge on any atom is -0.241 e. The number of aryl methyl sites for hydroxylation is 1. The van der Waals surface area contributed by atoms with E-state index in [1.807, 2.05) is 18.2 Å². The summed E-state index contributed by atoms with van der Waals surface area (Å²) < 4.78 is 1.10. The van der Waals surface area contributed by atoms with Crippen LogP contribution >= 0.6 is 38.9 Å². The second kappa shape index (κ2) is 3.95. The molecule has 0 atom stereocenters. The van der Waals surface area contributed by atoms with Crippen molar-refractivity contribution in [2.24, 2.45) is 0 Å². The van der Waals surface area contributed by atoms with Crippen LogP contribution in [0.1, 0.15) is 5.01 Å². The van der Waals surface area contributed by atoms with Crippen molar-refractivity contribution in [1.82, 2.24) is 4.98 Å². The van der Waals surface area contributed by atoms with Crippen LogP contribution in [0.5, 0.6) is 0 Å². The van der Waals surface area contributed by atoms with Gasteiger partial charge in [0.05, 0.1) is 20.2 Å². The van der Waals surface area contributed by atoms with Gasteiger partial charge in [0.25, 0.3) is 0 Å². The van der Waals surface area contributed by atoms with Crippen LogP contribution in [0.4, 0.5) is 0 Å². The van der Waals surface area contributed by atoms with E-state index in [0.29, 0.717) is 0 Å². The maximum absolute atomic E-state index is 6.03. The minimum atomic E-state index is 0.802. The molecule has 0 amide bonds. The van der Waals surface area contributed by atoms with E-state index >= 15 is 0 Å². The molecule has 4 heteroatoms. The number of benzene rings is 1. The molecular weight excluding hydrogens is 270 g/mol. The molecule has 1 aromatic heterocycles. The number of alkyl halides is 1. The highest BCUT2D eigenvalue weighted by atomic mass is 79.9. The number of fused-ring (bicyclic) bond motifs is 1. The second-order valence-electron chi connectivity index (χ2n) is 2.63. The van der Waals surface area contributed by atoms with Crippen molar-refractivity contribution in [3.8, 4) is 0 Å². The maximum atomic E-state index is 6.03. The summed E-state index contributed by atoms with van der Waals surface area (Å²) in [5.74, 6) is 0. The van der Waals surface area contributed by atoms with Crippen molar-refractivity contribution in [2.45, 2.75) is 6.42 Å². The fourth-order valence-corrected chi connectivity index (χ4v) is 3.04. The monoisotopic (exact) mass is 275 g/mol. The fraction of sp³-hybridized carbons (Fsp3) is 0.222. The molecule has 0 unspecified atom stereocenters. The third kappa shape index (κ3) is 1.87. The Bertz CT molecular complexity index is 426. The van der Waals surface area contributed by atoms with Crippen LogP contribution < -0.4 is 0 Å². The van der Waals surface area contributed by atoms with Crippen LogP contribution in [-0.2, 0) is 6.42 Å². The minimum absolute atomic E-state index is 0.802. The summed E-state index contributed by atoms with van der Waals surface area (Å²) in [7, 11) is 0. The first-order valence-corrected chi connectivity index (χ1v) is 6.23. The Kier molecular flexibility index (Phi) is 2.86. The highest BCUT2D eigenvalue weighted by Crippen LogP contribution is 2.29. The van der Waals surface area contributed by atoms with Crippen LogP contribution in [0.25, 0.3) is 10.2 Å². The lowest BCUT2D eigenvalue weighted by Crippen LogP contribution is -1.81. The van der Waals surface area contributed by atoms with Crippen molar-refractivity contribution in [2.75, 3.05) is 5.33 Å². The summed E-state index contributed by atoms with van der Waals surface area (Å²) in [4.78, 5) is 4.47. The predicted octanol–water partition coefficient (Wildman–Crippen LogP) is 3.89. The summed E-state index contributed by atoms with van der Waals surface area (Å²) in [5.41, 5.74) is 1.01. The van der Waals surface area contributed by atoms with Gasteiger partial charge in [0.1, 0.15) is 0 Å². The molecule has 0 aliphatic rings. The molecule has 13 heavy (non-hydrogen) atoms. The van der Waals surface area contributed by atoms with E-state index in [1.165, 1.54) is 0 Å². The van der Waals surface area contributed by atoms with Crippen LogP contribution in [-0.4, -0.2) is 10.3 Å². The molecule has 0 radical (unpaired) electrons. The molecule has 0 bridgehead atoms. The van der Waals surface area contributed by atoms with E-state index in [-0.39, 0.29) is 0 Å². The molecule has 0 fully saturated rings. The quantitative estimate of drug-likeness (QED) is 0.759. The molecule has 1 aromatic carbocycles. The Hall–Kier alpha value is -0.120. The average Bonchev–Trinajstić information content (AvgIpc) is 2.49. The molecule has 0 saturated carbocycles. The average molecular weight is 277 g/mol. The third-order valence-electron chi connectivity index (χ3n) is 1.72. The van der Waals surface area contributed by atoms with E-state index in [4.69, 9.17) is 11.6 Å². The Morgan fingerprint density at radius 3 is 3.00 bits per heavy atom. The summed E-state index contributed by atoms with van der Waals surface area (Å²) in [6.45, 7) is 0. The van der Waals surface area contributed by atoms with Gasteiger partial charge in [-0.05, 0) is 12.1 Å². The second-order valence-corrected chi connectivity index (χ2v) is 4.92. The van der Waals surface area contributed by atoms with Gasteiger partial charge in [-0.1, -0.05) is 33.6 Å². The number of nitrogens with zero attached hydrogens (tertiary/aromatic N) is 1. The lowest BCUT2D eigenvalue weighted by atomic mass is 10.3. The number of hydrogen-bond donors (Lipinski definition) is 0. The molecular formula is C9H7BrClNS. The molecule has 0 N–H and O–H groups in total. The topological polar surface area (TPSA) is 12.9 Å². The molecule has 1 heterocycles. The van der Waals surface area contributed by atoms with Crippen molar-refractivity contribution in [1.29, 1.82) is 0 Å².